The Morgan fingerprint density at radius 2 is 2.11 bits per heavy atom. The van der Waals surface area contributed by atoms with E-state index in [-0.39, 0.29) is 5.54 Å². The molecule has 19 heavy (non-hydrogen) atoms. The Hall–Kier alpha value is -0.550. The smallest absolute Gasteiger partial charge is 0.126 e. The zero-order valence-corrected chi connectivity index (χ0v) is 14.5. The molecule has 0 spiro atoms. The number of hydrogen-bond donors (Lipinski definition) is 1. The highest BCUT2D eigenvalue weighted by molar-refractivity contribution is 14.1. The molecular formula is C16H24INO. The molecule has 0 aliphatic rings. The predicted octanol–water partition coefficient (Wildman–Crippen LogP) is 4.48. The van der Waals surface area contributed by atoms with E-state index >= 15 is 0 Å². The third-order valence-electron chi connectivity index (χ3n) is 3.34. The van der Waals surface area contributed by atoms with E-state index in [0.717, 1.165) is 17.7 Å². The van der Waals surface area contributed by atoms with Gasteiger partial charge in [0, 0.05) is 14.7 Å². The average Bonchev–Trinajstić information content (AvgIpc) is 2.38. The summed E-state index contributed by atoms with van der Waals surface area (Å²) in [6.07, 6.45) is 7.86. The van der Waals surface area contributed by atoms with Crippen molar-refractivity contribution in [1.29, 1.82) is 0 Å². The van der Waals surface area contributed by atoms with Gasteiger partial charge in [-0.1, -0.05) is 12.2 Å². The number of benzene rings is 1. The van der Waals surface area contributed by atoms with Crippen molar-refractivity contribution in [1.82, 2.24) is 5.32 Å². The van der Waals surface area contributed by atoms with Crippen LogP contribution in [0.15, 0.2) is 24.3 Å². The van der Waals surface area contributed by atoms with Crippen LogP contribution >= 0.6 is 22.6 Å². The summed E-state index contributed by atoms with van der Waals surface area (Å²) in [6, 6.07) is 6.23. The van der Waals surface area contributed by atoms with E-state index in [2.05, 4.69) is 66.0 Å². The van der Waals surface area contributed by atoms with E-state index in [1.165, 1.54) is 16.4 Å². The molecule has 2 nitrogen and oxygen atoms in total. The van der Waals surface area contributed by atoms with Crippen molar-refractivity contribution in [3.05, 3.63) is 33.4 Å². The third kappa shape index (κ3) is 5.95. The fourth-order valence-corrected chi connectivity index (χ4v) is 2.35. The lowest BCUT2D eigenvalue weighted by molar-refractivity contribution is 0.383. The number of ether oxygens (including phenoxy) is 1. The Morgan fingerprint density at radius 1 is 1.37 bits per heavy atom. The zero-order valence-electron chi connectivity index (χ0n) is 12.3. The standard InChI is InChI=1S/C16H24INO/c1-16(2,18-3)11-7-5-6-8-13-12-14(17)9-10-15(13)19-4/h6,8-10,12,18H,5,7,11H2,1-4H3/b8-6+. The summed E-state index contributed by atoms with van der Waals surface area (Å²) in [4.78, 5) is 0. The summed E-state index contributed by atoms with van der Waals surface area (Å²) in [5.74, 6) is 0.937. The Kier molecular flexibility index (Phi) is 6.86. The van der Waals surface area contributed by atoms with E-state index in [9.17, 15) is 0 Å². The van der Waals surface area contributed by atoms with Gasteiger partial charge in [0.25, 0.3) is 0 Å². The number of nitrogens with one attached hydrogen (secondary N) is 1. The van der Waals surface area contributed by atoms with Crippen molar-refractivity contribution in [2.45, 2.75) is 38.6 Å². The van der Waals surface area contributed by atoms with Gasteiger partial charge in [-0.15, -0.1) is 0 Å². The van der Waals surface area contributed by atoms with Crippen LogP contribution in [0.4, 0.5) is 0 Å². The van der Waals surface area contributed by atoms with Crippen molar-refractivity contribution >= 4 is 28.7 Å². The molecule has 1 N–H and O–H groups in total. The summed E-state index contributed by atoms with van der Waals surface area (Å²) >= 11 is 2.32. The fourth-order valence-electron chi connectivity index (χ4n) is 1.83. The summed E-state index contributed by atoms with van der Waals surface area (Å²) < 4.78 is 6.60. The Balaban J connectivity index is 2.51. The minimum Gasteiger partial charge on any atom is -0.496 e. The van der Waals surface area contributed by atoms with Crippen LogP contribution in [-0.4, -0.2) is 19.7 Å². The second-order valence-corrected chi connectivity index (χ2v) is 6.56. The molecular weight excluding hydrogens is 349 g/mol. The molecule has 0 unspecified atom stereocenters. The molecule has 0 atom stereocenters. The van der Waals surface area contributed by atoms with Crippen LogP contribution in [0.3, 0.4) is 0 Å². The molecule has 0 saturated carbocycles. The van der Waals surface area contributed by atoms with Crippen LogP contribution in [0.2, 0.25) is 0 Å². The maximum atomic E-state index is 5.36. The van der Waals surface area contributed by atoms with Gasteiger partial charge < -0.3 is 10.1 Å². The number of rotatable bonds is 7. The third-order valence-corrected chi connectivity index (χ3v) is 4.01. The minimum absolute atomic E-state index is 0.230. The van der Waals surface area contributed by atoms with Crippen molar-refractivity contribution in [3.63, 3.8) is 0 Å². The molecule has 0 aromatic heterocycles. The molecule has 106 valence electrons. The van der Waals surface area contributed by atoms with Crippen LogP contribution in [-0.2, 0) is 0 Å². The summed E-state index contributed by atoms with van der Waals surface area (Å²) in [5, 5.41) is 3.33. The number of methoxy groups -OCH3 is 1. The number of unbranched alkanes of at least 4 members (excludes halogenated alkanes) is 1. The van der Waals surface area contributed by atoms with Crippen molar-refractivity contribution in [3.8, 4) is 5.75 Å². The van der Waals surface area contributed by atoms with E-state index in [4.69, 9.17) is 4.74 Å². The van der Waals surface area contributed by atoms with Crippen LogP contribution in [0.5, 0.6) is 5.75 Å². The number of halogens is 1. The Morgan fingerprint density at radius 3 is 2.74 bits per heavy atom. The van der Waals surface area contributed by atoms with Gasteiger partial charge in [0.2, 0.25) is 0 Å². The highest BCUT2D eigenvalue weighted by Crippen LogP contribution is 2.22. The average molecular weight is 373 g/mol. The molecule has 0 heterocycles. The quantitative estimate of drug-likeness (QED) is 0.562. The first-order valence-electron chi connectivity index (χ1n) is 6.67. The molecule has 0 saturated heterocycles. The lowest BCUT2D eigenvalue weighted by Gasteiger charge is -2.23. The van der Waals surface area contributed by atoms with Crippen LogP contribution < -0.4 is 10.1 Å². The molecule has 3 heteroatoms. The molecule has 0 bridgehead atoms. The molecule has 0 amide bonds. The van der Waals surface area contributed by atoms with Gasteiger partial charge in [0.1, 0.15) is 5.75 Å². The highest BCUT2D eigenvalue weighted by atomic mass is 127. The lowest BCUT2D eigenvalue weighted by Crippen LogP contribution is -2.35. The minimum atomic E-state index is 0.230. The first kappa shape index (κ1) is 16.5. The zero-order chi connectivity index (χ0) is 14.3. The summed E-state index contributed by atoms with van der Waals surface area (Å²) in [6.45, 7) is 4.47. The molecule has 1 aromatic rings. The van der Waals surface area contributed by atoms with Crippen molar-refractivity contribution < 1.29 is 4.74 Å². The first-order valence-corrected chi connectivity index (χ1v) is 7.75. The molecule has 0 fully saturated rings. The maximum absolute atomic E-state index is 5.36. The second kappa shape index (κ2) is 7.90. The first-order chi connectivity index (χ1) is 8.98. The van der Waals surface area contributed by atoms with Gasteiger partial charge in [-0.05, 0) is 80.9 Å². The molecule has 0 radical (unpaired) electrons. The summed E-state index contributed by atoms with van der Waals surface area (Å²) in [5.41, 5.74) is 1.38. The van der Waals surface area contributed by atoms with Gasteiger partial charge in [-0.2, -0.15) is 0 Å². The van der Waals surface area contributed by atoms with Gasteiger partial charge in [0.15, 0.2) is 0 Å². The lowest BCUT2D eigenvalue weighted by atomic mass is 9.97. The SMILES string of the molecule is CNC(C)(C)CCC/C=C/c1cc(I)ccc1OC. The van der Waals surface area contributed by atoms with Crippen LogP contribution in [0, 0.1) is 3.57 Å². The second-order valence-electron chi connectivity index (χ2n) is 5.31. The van der Waals surface area contributed by atoms with Crippen LogP contribution in [0.25, 0.3) is 6.08 Å². The van der Waals surface area contributed by atoms with E-state index in [0.29, 0.717) is 0 Å². The molecule has 0 aliphatic carbocycles. The predicted molar refractivity (Wildman–Crippen MR) is 91.7 cm³/mol. The summed E-state index contributed by atoms with van der Waals surface area (Å²) in [7, 11) is 3.74. The number of allylic oxidation sites excluding steroid dienone is 1. The van der Waals surface area contributed by atoms with Crippen molar-refractivity contribution in [2.75, 3.05) is 14.2 Å². The maximum Gasteiger partial charge on any atom is 0.126 e. The largest absolute Gasteiger partial charge is 0.496 e. The van der Waals surface area contributed by atoms with E-state index in [1.807, 2.05) is 13.1 Å². The highest BCUT2D eigenvalue weighted by Gasteiger charge is 2.12. The molecule has 0 aliphatic heterocycles. The monoisotopic (exact) mass is 373 g/mol. The number of hydrogen-bond acceptors (Lipinski definition) is 2. The van der Waals surface area contributed by atoms with Crippen molar-refractivity contribution in [2.24, 2.45) is 0 Å². The van der Waals surface area contributed by atoms with Gasteiger partial charge in [0.05, 0.1) is 7.11 Å². The molecule has 1 aromatic carbocycles. The normalized spacial score (nSPS) is 12.1. The fraction of sp³-hybridized carbons (Fsp3) is 0.500. The molecule has 1 rings (SSSR count). The van der Waals surface area contributed by atoms with Crippen LogP contribution in [0.1, 0.15) is 38.7 Å². The Bertz CT molecular complexity index is 427. The Labute approximate surface area is 130 Å². The van der Waals surface area contributed by atoms with Gasteiger partial charge in [-0.3, -0.25) is 0 Å². The van der Waals surface area contributed by atoms with E-state index in [1.54, 1.807) is 7.11 Å². The van der Waals surface area contributed by atoms with E-state index < -0.39 is 0 Å². The van der Waals surface area contributed by atoms with Gasteiger partial charge in [-0.25, -0.2) is 0 Å². The topological polar surface area (TPSA) is 21.3 Å². The van der Waals surface area contributed by atoms with Gasteiger partial charge >= 0.3 is 0 Å².